The van der Waals surface area contributed by atoms with Gasteiger partial charge >= 0.3 is 5.97 Å². The van der Waals surface area contributed by atoms with Gasteiger partial charge in [-0.05, 0) is 59.7 Å². The van der Waals surface area contributed by atoms with Crippen LogP contribution < -0.4 is 4.74 Å². The Kier molecular flexibility index (Phi) is 5.74. The second kappa shape index (κ2) is 8.78. The standard InChI is InChI=1S/C25H17ClN2O3/c26-21-5-1-3-17(11-21)16-31-23-6-2-4-19(12-23)24-15-28(14-20(24)13-27)22-9-7-18(8-10-22)25(29)30/h1-12,14-15H,16H2,(H,29,30). The third-order valence-corrected chi connectivity index (χ3v) is 5.03. The summed E-state index contributed by atoms with van der Waals surface area (Å²) in [6.07, 6.45) is 3.58. The van der Waals surface area contributed by atoms with Crippen molar-refractivity contribution in [1.82, 2.24) is 4.57 Å². The lowest BCUT2D eigenvalue weighted by Gasteiger charge is -2.08. The Balaban J connectivity index is 1.60. The molecule has 152 valence electrons. The van der Waals surface area contributed by atoms with Gasteiger partial charge in [0.15, 0.2) is 0 Å². The molecule has 1 heterocycles. The molecule has 6 heteroatoms. The normalized spacial score (nSPS) is 10.5. The van der Waals surface area contributed by atoms with E-state index in [0.29, 0.717) is 22.9 Å². The molecule has 0 radical (unpaired) electrons. The highest BCUT2D eigenvalue weighted by molar-refractivity contribution is 6.30. The van der Waals surface area contributed by atoms with Crippen LogP contribution in [-0.2, 0) is 6.61 Å². The number of nitrogens with zero attached hydrogens (tertiary/aromatic N) is 2. The van der Waals surface area contributed by atoms with Gasteiger partial charge in [0.1, 0.15) is 18.4 Å². The number of benzene rings is 3. The molecule has 1 N–H and O–H groups in total. The number of hydrogen-bond acceptors (Lipinski definition) is 3. The fourth-order valence-electron chi connectivity index (χ4n) is 3.25. The van der Waals surface area contributed by atoms with Crippen LogP contribution in [0.15, 0.2) is 85.2 Å². The van der Waals surface area contributed by atoms with Crippen LogP contribution in [0.3, 0.4) is 0 Å². The van der Waals surface area contributed by atoms with E-state index in [1.807, 2.05) is 54.7 Å². The van der Waals surface area contributed by atoms with E-state index in [2.05, 4.69) is 6.07 Å². The molecule has 0 saturated heterocycles. The predicted octanol–water partition coefficient (Wildman–Crippen LogP) is 5.95. The molecule has 0 fully saturated rings. The minimum absolute atomic E-state index is 0.209. The summed E-state index contributed by atoms with van der Waals surface area (Å²) in [5.41, 5.74) is 4.06. The van der Waals surface area contributed by atoms with Crippen LogP contribution in [0.2, 0.25) is 5.02 Å². The number of aromatic nitrogens is 1. The van der Waals surface area contributed by atoms with Gasteiger partial charge in [-0.3, -0.25) is 0 Å². The highest BCUT2D eigenvalue weighted by Gasteiger charge is 2.12. The number of aromatic carboxylic acids is 1. The SMILES string of the molecule is N#Cc1cn(-c2ccc(C(=O)O)cc2)cc1-c1cccc(OCc2cccc(Cl)c2)c1. The summed E-state index contributed by atoms with van der Waals surface area (Å²) in [7, 11) is 0. The molecule has 5 nitrogen and oxygen atoms in total. The largest absolute Gasteiger partial charge is 0.489 e. The Bertz CT molecular complexity index is 1290. The van der Waals surface area contributed by atoms with Crippen molar-refractivity contribution >= 4 is 17.6 Å². The second-order valence-electron chi connectivity index (χ2n) is 6.90. The van der Waals surface area contributed by atoms with E-state index in [-0.39, 0.29) is 5.56 Å². The van der Waals surface area contributed by atoms with Crippen molar-refractivity contribution in [1.29, 1.82) is 5.26 Å². The van der Waals surface area contributed by atoms with Crippen LogP contribution >= 0.6 is 11.6 Å². The lowest BCUT2D eigenvalue weighted by atomic mass is 10.1. The Morgan fingerprint density at radius 2 is 1.81 bits per heavy atom. The molecule has 0 unspecified atom stereocenters. The quantitative estimate of drug-likeness (QED) is 0.412. The molecule has 1 aromatic heterocycles. The van der Waals surface area contributed by atoms with Crippen molar-refractivity contribution in [2.75, 3.05) is 0 Å². The zero-order valence-electron chi connectivity index (χ0n) is 16.3. The summed E-state index contributed by atoms with van der Waals surface area (Å²) < 4.78 is 7.71. The number of hydrogen-bond donors (Lipinski definition) is 1. The molecular formula is C25H17ClN2O3. The molecule has 0 aliphatic carbocycles. The number of rotatable bonds is 6. The molecule has 0 amide bonds. The van der Waals surface area contributed by atoms with Gasteiger partial charge in [0.05, 0.1) is 11.1 Å². The minimum atomic E-state index is -0.980. The van der Waals surface area contributed by atoms with Crippen LogP contribution in [0.25, 0.3) is 16.8 Å². The van der Waals surface area contributed by atoms with E-state index in [9.17, 15) is 10.1 Å². The molecule has 4 rings (SSSR count). The lowest BCUT2D eigenvalue weighted by molar-refractivity contribution is 0.0697. The van der Waals surface area contributed by atoms with Crippen LogP contribution in [0.4, 0.5) is 0 Å². The molecule has 0 bridgehead atoms. The third-order valence-electron chi connectivity index (χ3n) is 4.80. The van der Waals surface area contributed by atoms with Crippen molar-refractivity contribution in [2.24, 2.45) is 0 Å². The van der Waals surface area contributed by atoms with E-state index in [1.54, 1.807) is 22.9 Å². The second-order valence-corrected chi connectivity index (χ2v) is 7.34. The van der Waals surface area contributed by atoms with Gasteiger partial charge in [0.2, 0.25) is 0 Å². The Morgan fingerprint density at radius 3 is 2.52 bits per heavy atom. The van der Waals surface area contributed by atoms with Gasteiger partial charge in [0, 0.05) is 28.7 Å². The van der Waals surface area contributed by atoms with Crippen LogP contribution in [0, 0.1) is 11.3 Å². The van der Waals surface area contributed by atoms with E-state index >= 15 is 0 Å². The molecule has 4 aromatic rings. The molecule has 0 aliphatic rings. The Morgan fingerprint density at radius 1 is 1.03 bits per heavy atom. The maximum absolute atomic E-state index is 11.1. The highest BCUT2D eigenvalue weighted by atomic mass is 35.5. The monoisotopic (exact) mass is 428 g/mol. The van der Waals surface area contributed by atoms with Crippen molar-refractivity contribution < 1.29 is 14.6 Å². The van der Waals surface area contributed by atoms with E-state index in [1.165, 1.54) is 12.1 Å². The van der Waals surface area contributed by atoms with Gasteiger partial charge in [-0.2, -0.15) is 5.26 Å². The number of ether oxygens (including phenoxy) is 1. The molecule has 3 aromatic carbocycles. The van der Waals surface area contributed by atoms with Gasteiger partial charge < -0.3 is 14.4 Å². The van der Waals surface area contributed by atoms with Crippen molar-refractivity contribution in [2.45, 2.75) is 6.61 Å². The first-order chi connectivity index (χ1) is 15.0. The Hall–Kier alpha value is -4.01. The van der Waals surface area contributed by atoms with Gasteiger partial charge in [0.25, 0.3) is 0 Å². The van der Waals surface area contributed by atoms with Gasteiger partial charge in [-0.1, -0.05) is 35.9 Å². The number of carbonyl (C=O) groups is 1. The first kappa shape index (κ1) is 20.3. The van der Waals surface area contributed by atoms with Gasteiger partial charge in [-0.15, -0.1) is 0 Å². The molecule has 0 atom stereocenters. The number of nitriles is 1. The zero-order chi connectivity index (χ0) is 21.8. The maximum Gasteiger partial charge on any atom is 0.335 e. The van der Waals surface area contributed by atoms with Crippen molar-refractivity contribution in [3.63, 3.8) is 0 Å². The summed E-state index contributed by atoms with van der Waals surface area (Å²) in [6, 6.07) is 23.7. The first-order valence-electron chi connectivity index (χ1n) is 9.47. The number of carboxylic acid groups (broad SMARTS) is 1. The first-order valence-corrected chi connectivity index (χ1v) is 9.85. The summed E-state index contributed by atoms with van der Waals surface area (Å²) in [5, 5.41) is 19.3. The van der Waals surface area contributed by atoms with Crippen molar-refractivity contribution in [3.8, 4) is 28.6 Å². The maximum atomic E-state index is 11.1. The lowest BCUT2D eigenvalue weighted by Crippen LogP contribution is -1.97. The molecular weight excluding hydrogens is 412 g/mol. The number of halogens is 1. The smallest absolute Gasteiger partial charge is 0.335 e. The Labute approximate surface area is 184 Å². The minimum Gasteiger partial charge on any atom is -0.489 e. The molecule has 0 saturated carbocycles. The summed E-state index contributed by atoms with van der Waals surface area (Å²) >= 11 is 6.02. The summed E-state index contributed by atoms with van der Waals surface area (Å²) in [5.74, 6) is -0.299. The molecule has 0 spiro atoms. The topological polar surface area (TPSA) is 75.2 Å². The summed E-state index contributed by atoms with van der Waals surface area (Å²) in [4.78, 5) is 11.1. The fourth-order valence-corrected chi connectivity index (χ4v) is 3.46. The average molecular weight is 429 g/mol. The van der Waals surface area contributed by atoms with Gasteiger partial charge in [-0.25, -0.2) is 4.79 Å². The molecule has 31 heavy (non-hydrogen) atoms. The van der Waals surface area contributed by atoms with Crippen molar-refractivity contribution in [3.05, 3.63) is 107 Å². The van der Waals surface area contributed by atoms with Crippen LogP contribution in [0.1, 0.15) is 21.5 Å². The van der Waals surface area contributed by atoms with Crippen LogP contribution in [0.5, 0.6) is 5.75 Å². The van der Waals surface area contributed by atoms with E-state index < -0.39 is 5.97 Å². The fraction of sp³-hybridized carbons (Fsp3) is 0.0400. The van der Waals surface area contributed by atoms with E-state index in [0.717, 1.165) is 22.4 Å². The third kappa shape index (κ3) is 4.61. The predicted molar refractivity (Wildman–Crippen MR) is 119 cm³/mol. The van der Waals surface area contributed by atoms with E-state index in [4.69, 9.17) is 21.4 Å². The van der Waals surface area contributed by atoms with Crippen LogP contribution in [-0.4, -0.2) is 15.6 Å². The zero-order valence-corrected chi connectivity index (χ0v) is 17.1. The highest BCUT2D eigenvalue weighted by Crippen LogP contribution is 2.29. The average Bonchev–Trinajstić information content (AvgIpc) is 3.23. The number of carboxylic acids is 1. The molecule has 0 aliphatic heterocycles. The summed E-state index contributed by atoms with van der Waals surface area (Å²) in [6.45, 7) is 0.381.